The minimum absolute atomic E-state index is 0.336. The van der Waals surface area contributed by atoms with Gasteiger partial charge in [-0.3, -0.25) is 4.79 Å². The first-order chi connectivity index (χ1) is 7.12. The van der Waals surface area contributed by atoms with E-state index < -0.39 is 17.1 Å². The van der Waals surface area contributed by atoms with Crippen LogP contribution < -0.4 is 4.90 Å². The summed E-state index contributed by atoms with van der Waals surface area (Å²) in [7, 11) is 0. The molecule has 0 aromatic heterocycles. The molecule has 0 radical (unpaired) electrons. The van der Waals surface area contributed by atoms with Crippen molar-refractivity contribution in [3.63, 3.8) is 0 Å². The lowest BCUT2D eigenvalue weighted by atomic mass is 10.1. The quantitative estimate of drug-likeness (QED) is 0.286. The average molecular weight is 224 g/mol. The molecule has 76 valence electrons. The lowest BCUT2D eigenvalue weighted by Gasteiger charge is -2.21. The van der Waals surface area contributed by atoms with Crippen LogP contribution in [-0.4, -0.2) is 17.1 Å². The molecule has 1 fully saturated rings. The number of esters is 1. The maximum absolute atomic E-state index is 11.5. The summed E-state index contributed by atoms with van der Waals surface area (Å²) in [4.78, 5) is 23.8. The van der Waals surface area contributed by atoms with Crippen molar-refractivity contribution in [2.45, 2.75) is 11.6 Å². The predicted molar refractivity (Wildman–Crippen MR) is 52.3 cm³/mol. The Labute approximate surface area is 90.4 Å². The summed E-state index contributed by atoms with van der Waals surface area (Å²) in [6, 6.07) is 7.25. The standard InChI is InChI=1S/C10H6ClNO3/c11-10-5-6-3-1-2-4-7(6)12(10)8(13)9(14)15-10/h1-4H,5H2. The summed E-state index contributed by atoms with van der Waals surface area (Å²) < 4.78 is 4.87. The van der Waals surface area contributed by atoms with Crippen LogP contribution in [-0.2, 0) is 20.7 Å². The zero-order valence-corrected chi connectivity index (χ0v) is 8.32. The summed E-state index contributed by atoms with van der Waals surface area (Å²) >= 11 is 6.09. The summed E-state index contributed by atoms with van der Waals surface area (Å²) in [5, 5.41) is -1.34. The fraction of sp³-hybridized carbons (Fsp3) is 0.200. The lowest BCUT2D eigenvalue weighted by molar-refractivity contribution is -0.150. The Morgan fingerprint density at radius 1 is 1.33 bits per heavy atom. The fourth-order valence-corrected chi connectivity index (χ4v) is 2.37. The van der Waals surface area contributed by atoms with Crippen LogP contribution in [0.25, 0.3) is 0 Å². The molecular weight excluding hydrogens is 218 g/mol. The Morgan fingerprint density at radius 3 is 2.87 bits per heavy atom. The van der Waals surface area contributed by atoms with Gasteiger partial charge in [0.1, 0.15) is 0 Å². The van der Waals surface area contributed by atoms with Gasteiger partial charge in [0.05, 0.1) is 12.1 Å². The summed E-state index contributed by atoms with van der Waals surface area (Å²) in [6.07, 6.45) is 0.336. The number of carbonyl (C=O) groups is 2. The predicted octanol–water partition coefficient (Wildman–Crippen LogP) is 1.03. The number of para-hydroxylation sites is 1. The van der Waals surface area contributed by atoms with Crippen molar-refractivity contribution in [3.05, 3.63) is 29.8 Å². The number of alkyl halides is 1. The van der Waals surface area contributed by atoms with Gasteiger partial charge in [-0.2, -0.15) is 0 Å². The number of anilines is 1. The van der Waals surface area contributed by atoms with Crippen molar-refractivity contribution in [1.29, 1.82) is 0 Å². The van der Waals surface area contributed by atoms with Crippen molar-refractivity contribution >= 4 is 29.2 Å². The minimum Gasteiger partial charge on any atom is -0.416 e. The van der Waals surface area contributed by atoms with Crippen LogP contribution >= 0.6 is 11.6 Å². The van der Waals surface area contributed by atoms with Crippen molar-refractivity contribution in [1.82, 2.24) is 0 Å². The van der Waals surface area contributed by atoms with Crippen LogP contribution in [0.2, 0.25) is 0 Å². The maximum atomic E-state index is 11.5. The van der Waals surface area contributed by atoms with E-state index in [1.54, 1.807) is 12.1 Å². The zero-order chi connectivity index (χ0) is 10.6. The van der Waals surface area contributed by atoms with Gasteiger partial charge in [0.2, 0.25) is 0 Å². The van der Waals surface area contributed by atoms with Gasteiger partial charge in [-0.15, -0.1) is 0 Å². The smallest absolute Gasteiger partial charge is 0.400 e. The van der Waals surface area contributed by atoms with Crippen molar-refractivity contribution < 1.29 is 14.3 Å². The summed E-state index contributed by atoms with van der Waals surface area (Å²) in [6.45, 7) is 0. The minimum atomic E-state index is -1.34. The molecule has 2 heterocycles. The Hall–Kier alpha value is -1.55. The van der Waals surface area contributed by atoms with E-state index in [-0.39, 0.29) is 0 Å². The first kappa shape index (κ1) is 8.73. The van der Waals surface area contributed by atoms with E-state index in [9.17, 15) is 9.59 Å². The first-order valence-electron chi connectivity index (χ1n) is 4.46. The van der Waals surface area contributed by atoms with E-state index in [0.717, 1.165) is 5.56 Å². The van der Waals surface area contributed by atoms with Crippen LogP contribution in [0.5, 0.6) is 0 Å². The first-order valence-corrected chi connectivity index (χ1v) is 4.84. The zero-order valence-electron chi connectivity index (χ0n) is 7.57. The third-order valence-corrected chi connectivity index (χ3v) is 2.98. The van der Waals surface area contributed by atoms with E-state index >= 15 is 0 Å². The second-order valence-electron chi connectivity index (χ2n) is 3.52. The number of ether oxygens (including phenoxy) is 1. The molecule has 3 rings (SSSR count). The molecule has 1 amide bonds. The molecule has 1 atom stereocenters. The van der Waals surface area contributed by atoms with E-state index in [4.69, 9.17) is 16.3 Å². The second-order valence-corrected chi connectivity index (χ2v) is 4.12. The average Bonchev–Trinajstić information content (AvgIpc) is 2.58. The third-order valence-electron chi connectivity index (χ3n) is 2.60. The molecule has 0 N–H and O–H groups in total. The topological polar surface area (TPSA) is 46.6 Å². The van der Waals surface area contributed by atoms with Crippen LogP contribution in [0.4, 0.5) is 5.69 Å². The number of hydrogen-bond acceptors (Lipinski definition) is 3. The molecule has 0 aliphatic carbocycles. The van der Waals surface area contributed by atoms with Crippen LogP contribution in [0.15, 0.2) is 24.3 Å². The van der Waals surface area contributed by atoms with Crippen LogP contribution in [0, 0.1) is 0 Å². The van der Waals surface area contributed by atoms with Gasteiger partial charge in [0.25, 0.3) is 5.18 Å². The maximum Gasteiger partial charge on any atom is 0.400 e. The van der Waals surface area contributed by atoms with Crippen molar-refractivity contribution in [2.24, 2.45) is 0 Å². The normalized spacial score (nSPS) is 27.7. The highest BCUT2D eigenvalue weighted by Crippen LogP contribution is 2.45. The lowest BCUT2D eigenvalue weighted by Crippen LogP contribution is -2.39. The number of hydrogen-bond donors (Lipinski definition) is 0. The summed E-state index contributed by atoms with van der Waals surface area (Å²) in [5.41, 5.74) is 1.57. The number of halogens is 1. The van der Waals surface area contributed by atoms with Gasteiger partial charge in [-0.05, 0) is 23.2 Å². The van der Waals surface area contributed by atoms with Gasteiger partial charge in [0, 0.05) is 0 Å². The molecule has 1 saturated heterocycles. The molecule has 1 unspecified atom stereocenters. The van der Waals surface area contributed by atoms with E-state index in [1.807, 2.05) is 12.1 Å². The number of fused-ring (bicyclic) bond motifs is 3. The molecule has 5 heteroatoms. The van der Waals surface area contributed by atoms with Crippen LogP contribution in [0.3, 0.4) is 0 Å². The van der Waals surface area contributed by atoms with Gasteiger partial charge >= 0.3 is 11.9 Å². The highest BCUT2D eigenvalue weighted by atomic mass is 35.5. The fourth-order valence-electron chi connectivity index (χ4n) is 1.99. The molecule has 2 aliphatic rings. The van der Waals surface area contributed by atoms with E-state index in [2.05, 4.69) is 0 Å². The van der Waals surface area contributed by atoms with E-state index in [0.29, 0.717) is 12.1 Å². The summed E-state index contributed by atoms with van der Waals surface area (Å²) in [5.74, 6) is -1.59. The highest BCUT2D eigenvalue weighted by molar-refractivity contribution is 6.46. The number of carbonyl (C=O) groups excluding carboxylic acids is 2. The van der Waals surface area contributed by atoms with Crippen molar-refractivity contribution in [2.75, 3.05) is 4.90 Å². The molecule has 2 aliphatic heterocycles. The molecule has 0 bridgehead atoms. The Balaban J connectivity index is 2.19. The SMILES string of the molecule is O=C1OC2(Cl)Cc3ccccc3N2C1=O. The monoisotopic (exact) mass is 223 g/mol. The van der Waals surface area contributed by atoms with Gasteiger partial charge < -0.3 is 4.74 Å². The number of amides is 1. The Morgan fingerprint density at radius 2 is 2.07 bits per heavy atom. The Bertz CT molecular complexity index is 487. The molecule has 0 spiro atoms. The van der Waals surface area contributed by atoms with Gasteiger partial charge in [-0.25, -0.2) is 9.69 Å². The highest BCUT2D eigenvalue weighted by Gasteiger charge is 2.57. The second kappa shape index (κ2) is 2.52. The van der Waals surface area contributed by atoms with E-state index in [1.165, 1.54) is 4.90 Å². The number of rotatable bonds is 0. The molecule has 1 aromatic rings. The molecule has 0 saturated carbocycles. The molecule has 1 aromatic carbocycles. The number of benzene rings is 1. The molecule has 15 heavy (non-hydrogen) atoms. The molecular formula is C10H6ClNO3. The van der Waals surface area contributed by atoms with Gasteiger partial charge in [-0.1, -0.05) is 18.2 Å². The largest absolute Gasteiger partial charge is 0.416 e. The third kappa shape index (κ3) is 0.969. The number of nitrogens with zero attached hydrogens (tertiary/aromatic N) is 1. The Kier molecular flexibility index (Phi) is 1.47. The van der Waals surface area contributed by atoms with Crippen LogP contribution in [0.1, 0.15) is 5.56 Å². The van der Waals surface area contributed by atoms with Crippen molar-refractivity contribution in [3.8, 4) is 0 Å². The molecule has 4 nitrogen and oxygen atoms in total. The van der Waals surface area contributed by atoms with Gasteiger partial charge in [0.15, 0.2) is 0 Å².